The van der Waals surface area contributed by atoms with E-state index in [1.54, 1.807) is 12.1 Å². The first kappa shape index (κ1) is 13.5. The molecule has 2 atom stereocenters. The lowest BCUT2D eigenvalue weighted by Crippen LogP contribution is -2.46. The first-order valence-corrected chi connectivity index (χ1v) is 7.66. The van der Waals surface area contributed by atoms with Crippen molar-refractivity contribution < 1.29 is 14.2 Å². The largest absolute Gasteiger partial charge is 0.388 e. The maximum absolute atomic E-state index is 13.9. The van der Waals surface area contributed by atoms with E-state index in [0.29, 0.717) is 16.6 Å². The van der Waals surface area contributed by atoms with E-state index in [4.69, 9.17) is 4.74 Å². The number of rotatable bonds is 2. The van der Waals surface area contributed by atoms with Crippen LogP contribution in [0.1, 0.15) is 43.8 Å². The highest BCUT2D eigenvalue weighted by Crippen LogP contribution is 2.47. The molecule has 0 aromatic heterocycles. The fraction of sp³-hybridized carbons (Fsp3) is 0.600. The second kappa shape index (κ2) is 5.15. The summed E-state index contributed by atoms with van der Waals surface area (Å²) in [6.07, 6.45) is 4.30. The monoisotopic (exact) mass is 328 g/mol. The molecule has 104 valence electrons. The Balaban J connectivity index is 1.77. The van der Waals surface area contributed by atoms with Gasteiger partial charge in [0.2, 0.25) is 0 Å². The summed E-state index contributed by atoms with van der Waals surface area (Å²) in [6.45, 7) is 0.680. The van der Waals surface area contributed by atoms with E-state index >= 15 is 0 Å². The van der Waals surface area contributed by atoms with Gasteiger partial charge < -0.3 is 9.84 Å². The summed E-state index contributed by atoms with van der Waals surface area (Å²) in [5, 5.41) is 10.5. The number of halogens is 2. The number of hydrogen-bond donors (Lipinski definition) is 1. The van der Waals surface area contributed by atoms with Crippen molar-refractivity contribution in [1.82, 2.24) is 0 Å². The molecule has 1 heterocycles. The van der Waals surface area contributed by atoms with Gasteiger partial charge in [0.15, 0.2) is 0 Å². The van der Waals surface area contributed by atoms with Crippen LogP contribution in [0.2, 0.25) is 0 Å². The van der Waals surface area contributed by atoms with Gasteiger partial charge in [-0.05, 0) is 50.2 Å². The van der Waals surface area contributed by atoms with Crippen LogP contribution >= 0.6 is 15.9 Å². The highest BCUT2D eigenvalue weighted by Gasteiger charge is 2.44. The molecule has 1 saturated carbocycles. The van der Waals surface area contributed by atoms with E-state index in [0.717, 1.165) is 25.7 Å². The molecule has 3 rings (SSSR count). The Labute approximate surface area is 121 Å². The summed E-state index contributed by atoms with van der Waals surface area (Å²) in [5.41, 5.74) is 0.389. The summed E-state index contributed by atoms with van der Waals surface area (Å²) in [7, 11) is 0. The number of hydrogen-bond acceptors (Lipinski definition) is 2. The first-order chi connectivity index (χ1) is 9.10. The molecule has 2 aliphatic rings. The molecule has 2 nitrogen and oxygen atoms in total. The molecular weight excluding hydrogens is 311 g/mol. The van der Waals surface area contributed by atoms with Gasteiger partial charge >= 0.3 is 0 Å². The van der Waals surface area contributed by atoms with Gasteiger partial charge in [0.25, 0.3) is 0 Å². The van der Waals surface area contributed by atoms with Crippen LogP contribution < -0.4 is 0 Å². The summed E-state index contributed by atoms with van der Waals surface area (Å²) < 4.78 is 20.5. The molecule has 1 aromatic rings. The minimum Gasteiger partial charge on any atom is -0.388 e. The molecular formula is C15H18BrFO2. The number of ether oxygens (including phenoxy) is 1. The molecule has 0 radical (unpaired) electrons. The van der Waals surface area contributed by atoms with E-state index in [1.165, 1.54) is 12.5 Å². The Bertz CT molecular complexity index is 473. The molecule has 1 aliphatic carbocycles. The molecule has 1 aliphatic heterocycles. The van der Waals surface area contributed by atoms with Crippen molar-refractivity contribution in [1.29, 1.82) is 0 Å². The molecule has 0 bridgehead atoms. The van der Waals surface area contributed by atoms with Crippen molar-refractivity contribution in [3.63, 3.8) is 0 Å². The van der Waals surface area contributed by atoms with Gasteiger partial charge in [-0.25, -0.2) is 4.39 Å². The minimum absolute atomic E-state index is 0.0181. The van der Waals surface area contributed by atoms with Gasteiger partial charge in [0.05, 0.1) is 11.7 Å². The van der Waals surface area contributed by atoms with Crippen molar-refractivity contribution in [2.24, 2.45) is 5.92 Å². The average Bonchev–Trinajstić information content (AvgIpc) is 2.36. The van der Waals surface area contributed by atoms with Crippen LogP contribution in [-0.4, -0.2) is 17.3 Å². The van der Waals surface area contributed by atoms with Gasteiger partial charge in [-0.15, -0.1) is 0 Å². The molecule has 2 unspecified atom stereocenters. The van der Waals surface area contributed by atoms with Crippen molar-refractivity contribution in [2.45, 2.75) is 43.8 Å². The van der Waals surface area contributed by atoms with Crippen LogP contribution in [0.25, 0.3) is 0 Å². The molecule has 4 heteroatoms. The highest BCUT2D eigenvalue weighted by molar-refractivity contribution is 9.10. The second-order valence-electron chi connectivity index (χ2n) is 5.75. The SMILES string of the molecule is OC(c1ccc(Br)cc1F)C1CCOC2(CCC2)C1. The van der Waals surface area contributed by atoms with E-state index in [9.17, 15) is 9.50 Å². The fourth-order valence-corrected chi connectivity index (χ4v) is 3.58. The maximum Gasteiger partial charge on any atom is 0.130 e. The number of aliphatic hydroxyl groups is 1. The Morgan fingerprint density at radius 1 is 1.42 bits per heavy atom. The van der Waals surface area contributed by atoms with E-state index in [1.807, 2.05) is 0 Å². The van der Waals surface area contributed by atoms with Crippen molar-refractivity contribution in [3.05, 3.63) is 34.1 Å². The highest BCUT2D eigenvalue weighted by atomic mass is 79.9. The topological polar surface area (TPSA) is 29.5 Å². The molecule has 1 N–H and O–H groups in total. The third-order valence-corrected chi connectivity index (χ3v) is 5.02. The van der Waals surface area contributed by atoms with Crippen LogP contribution in [0.5, 0.6) is 0 Å². The third kappa shape index (κ3) is 2.58. The quantitative estimate of drug-likeness (QED) is 0.890. The molecule has 19 heavy (non-hydrogen) atoms. The van der Waals surface area contributed by atoms with E-state index in [-0.39, 0.29) is 17.3 Å². The lowest BCUT2D eigenvalue weighted by atomic mass is 9.70. The van der Waals surface area contributed by atoms with Crippen molar-refractivity contribution in [2.75, 3.05) is 6.61 Å². The minimum atomic E-state index is -0.727. The average molecular weight is 329 g/mol. The van der Waals surface area contributed by atoms with Crippen LogP contribution in [0.15, 0.2) is 22.7 Å². The number of benzene rings is 1. The number of aliphatic hydroxyl groups excluding tert-OH is 1. The van der Waals surface area contributed by atoms with Crippen LogP contribution in [0, 0.1) is 11.7 Å². The molecule has 1 aromatic carbocycles. The maximum atomic E-state index is 13.9. The van der Waals surface area contributed by atoms with Gasteiger partial charge in [0, 0.05) is 16.6 Å². The first-order valence-electron chi connectivity index (χ1n) is 6.87. The van der Waals surface area contributed by atoms with Crippen LogP contribution in [0.3, 0.4) is 0 Å². The standard InChI is InChI=1S/C15H18BrFO2/c16-11-2-3-12(13(17)8-11)14(18)10-4-7-19-15(9-10)5-1-6-15/h2-3,8,10,14,18H,1,4-7,9H2. The van der Waals surface area contributed by atoms with Crippen molar-refractivity contribution in [3.8, 4) is 0 Å². The second-order valence-corrected chi connectivity index (χ2v) is 6.66. The summed E-state index contributed by atoms with van der Waals surface area (Å²) in [5.74, 6) is -0.235. The Morgan fingerprint density at radius 2 is 2.21 bits per heavy atom. The Kier molecular flexibility index (Phi) is 3.67. The zero-order valence-corrected chi connectivity index (χ0v) is 12.3. The zero-order valence-electron chi connectivity index (χ0n) is 10.7. The zero-order chi connectivity index (χ0) is 13.5. The van der Waals surface area contributed by atoms with Gasteiger partial charge in [-0.2, -0.15) is 0 Å². The summed E-state index contributed by atoms with van der Waals surface area (Å²) >= 11 is 3.24. The van der Waals surface area contributed by atoms with E-state index in [2.05, 4.69) is 15.9 Å². The normalized spacial score (nSPS) is 27.0. The Morgan fingerprint density at radius 3 is 2.84 bits per heavy atom. The van der Waals surface area contributed by atoms with Gasteiger partial charge in [0.1, 0.15) is 5.82 Å². The molecule has 1 saturated heterocycles. The van der Waals surface area contributed by atoms with Crippen LogP contribution in [0.4, 0.5) is 4.39 Å². The molecule has 2 fully saturated rings. The van der Waals surface area contributed by atoms with Gasteiger partial charge in [-0.3, -0.25) is 0 Å². The predicted octanol–water partition coefficient (Wildman–Crippen LogP) is 3.97. The van der Waals surface area contributed by atoms with Gasteiger partial charge in [-0.1, -0.05) is 22.0 Å². The Hall–Kier alpha value is -0.450. The van der Waals surface area contributed by atoms with Crippen molar-refractivity contribution >= 4 is 15.9 Å². The summed E-state index contributed by atoms with van der Waals surface area (Å²) in [4.78, 5) is 0. The van der Waals surface area contributed by atoms with Crippen LogP contribution in [-0.2, 0) is 4.74 Å². The molecule has 0 amide bonds. The predicted molar refractivity (Wildman–Crippen MR) is 74.3 cm³/mol. The smallest absolute Gasteiger partial charge is 0.130 e. The summed E-state index contributed by atoms with van der Waals surface area (Å²) in [6, 6.07) is 4.87. The lowest BCUT2D eigenvalue weighted by Gasteiger charge is -2.48. The lowest BCUT2D eigenvalue weighted by molar-refractivity contribution is -0.157. The third-order valence-electron chi connectivity index (χ3n) is 4.52. The molecule has 1 spiro atoms. The fourth-order valence-electron chi connectivity index (χ4n) is 3.25. The van der Waals surface area contributed by atoms with E-state index < -0.39 is 6.10 Å².